The lowest BCUT2D eigenvalue weighted by molar-refractivity contribution is -0.128. The van der Waals surface area contributed by atoms with Gasteiger partial charge in [0.2, 0.25) is 11.9 Å². The molecular formula is C23H22N6OS. The number of carbonyl (C=O) groups excluding carboxylic acids is 1. The van der Waals surface area contributed by atoms with E-state index in [-0.39, 0.29) is 5.91 Å². The van der Waals surface area contributed by atoms with Crippen LogP contribution in [0.5, 0.6) is 0 Å². The van der Waals surface area contributed by atoms with Gasteiger partial charge in [-0.15, -0.1) is 11.8 Å². The highest BCUT2D eigenvalue weighted by Gasteiger charge is 2.24. The Labute approximate surface area is 184 Å². The van der Waals surface area contributed by atoms with Crippen LogP contribution >= 0.6 is 11.8 Å². The van der Waals surface area contributed by atoms with Crippen LogP contribution in [0.25, 0.3) is 16.5 Å². The SMILES string of the molecule is O=C(CSc1ccc2ccccc2c1)N1CCN(c2nnnn2-c2ccccc2)CC1. The summed E-state index contributed by atoms with van der Waals surface area (Å²) in [5.74, 6) is 1.32. The van der Waals surface area contributed by atoms with Crippen molar-refractivity contribution in [3.05, 3.63) is 72.8 Å². The molecule has 0 atom stereocenters. The molecule has 2 heterocycles. The summed E-state index contributed by atoms with van der Waals surface area (Å²) in [5, 5.41) is 14.6. The highest BCUT2D eigenvalue weighted by molar-refractivity contribution is 8.00. The number of benzene rings is 3. The van der Waals surface area contributed by atoms with Gasteiger partial charge in [-0.25, -0.2) is 0 Å². The molecule has 5 rings (SSSR count). The maximum absolute atomic E-state index is 12.8. The van der Waals surface area contributed by atoms with E-state index in [1.807, 2.05) is 47.4 Å². The van der Waals surface area contributed by atoms with Crippen molar-refractivity contribution < 1.29 is 4.79 Å². The Hall–Kier alpha value is -3.39. The highest BCUT2D eigenvalue weighted by Crippen LogP contribution is 2.24. The quantitative estimate of drug-likeness (QED) is 0.453. The molecule has 4 aromatic rings. The molecule has 1 aliphatic rings. The molecule has 0 bridgehead atoms. The number of piperazine rings is 1. The number of tetrazole rings is 1. The van der Waals surface area contributed by atoms with Crippen molar-refractivity contribution in [2.75, 3.05) is 36.8 Å². The number of nitrogens with zero attached hydrogens (tertiary/aromatic N) is 6. The molecule has 31 heavy (non-hydrogen) atoms. The number of hydrogen-bond donors (Lipinski definition) is 0. The van der Waals surface area contributed by atoms with E-state index in [9.17, 15) is 4.79 Å². The van der Waals surface area contributed by atoms with Crippen molar-refractivity contribution >= 4 is 34.4 Å². The Kier molecular flexibility index (Phi) is 5.54. The van der Waals surface area contributed by atoms with Crippen LogP contribution in [0.2, 0.25) is 0 Å². The van der Waals surface area contributed by atoms with Crippen molar-refractivity contribution in [2.45, 2.75) is 4.90 Å². The van der Waals surface area contributed by atoms with E-state index in [4.69, 9.17) is 0 Å². The van der Waals surface area contributed by atoms with Gasteiger partial charge in [0.1, 0.15) is 0 Å². The molecule has 8 heteroatoms. The third-order valence-corrected chi connectivity index (χ3v) is 6.43. The Bertz CT molecular complexity index is 1190. The van der Waals surface area contributed by atoms with Crippen LogP contribution in [-0.2, 0) is 4.79 Å². The molecule has 0 saturated carbocycles. The molecule has 1 aliphatic heterocycles. The molecule has 1 fully saturated rings. The van der Waals surface area contributed by atoms with Gasteiger partial charge in [-0.05, 0) is 45.5 Å². The van der Waals surface area contributed by atoms with Gasteiger partial charge in [0.15, 0.2) is 0 Å². The fourth-order valence-corrected chi connectivity index (χ4v) is 4.61. The number of para-hydroxylation sites is 1. The first-order valence-electron chi connectivity index (χ1n) is 10.3. The zero-order valence-electron chi connectivity index (χ0n) is 17.0. The number of hydrogen-bond acceptors (Lipinski definition) is 6. The Balaban J connectivity index is 1.18. The molecule has 0 spiro atoms. The van der Waals surface area contributed by atoms with E-state index in [0.717, 1.165) is 10.6 Å². The fraction of sp³-hybridized carbons (Fsp3) is 0.217. The van der Waals surface area contributed by atoms with Crippen LogP contribution in [0.15, 0.2) is 77.7 Å². The van der Waals surface area contributed by atoms with Gasteiger partial charge in [0.05, 0.1) is 11.4 Å². The zero-order chi connectivity index (χ0) is 21.0. The van der Waals surface area contributed by atoms with E-state index < -0.39 is 0 Å². The molecule has 1 amide bonds. The van der Waals surface area contributed by atoms with Crippen LogP contribution in [0.1, 0.15) is 0 Å². The third kappa shape index (κ3) is 4.25. The number of aromatic nitrogens is 4. The Morgan fingerprint density at radius 2 is 1.61 bits per heavy atom. The first kappa shape index (κ1) is 19.6. The number of thioether (sulfide) groups is 1. The normalized spacial score (nSPS) is 14.2. The summed E-state index contributed by atoms with van der Waals surface area (Å²) in [4.78, 5) is 17.9. The maximum Gasteiger partial charge on any atom is 0.250 e. The summed E-state index contributed by atoms with van der Waals surface area (Å²) in [7, 11) is 0. The topological polar surface area (TPSA) is 67.2 Å². The summed E-state index contributed by atoms with van der Waals surface area (Å²) in [5.41, 5.74) is 0.924. The minimum Gasteiger partial charge on any atom is -0.338 e. The Morgan fingerprint density at radius 3 is 2.42 bits per heavy atom. The van der Waals surface area contributed by atoms with Gasteiger partial charge < -0.3 is 9.80 Å². The van der Waals surface area contributed by atoms with E-state index >= 15 is 0 Å². The Morgan fingerprint density at radius 1 is 0.871 bits per heavy atom. The summed E-state index contributed by atoms with van der Waals surface area (Å²) in [6.45, 7) is 2.75. The molecule has 3 aromatic carbocycles. The third-order valence-electron chi connectivity index (χ3n) is 5.45. The minimum atomic E-state index is 0.167. The maximum atomic E-state index is 12.8. The van der Waals surface area contributed by atoms with Crippen LogP contribution in [0.3, 0.4) is 0 Å². The van der Waals surface area contributed by atoms with E-state index in [1.165, 1.54) is 10.8 Å². The standard InChI is InChI=1S/C23H22N6OS/c30-22(17-31-21-11-10-18-6-4-5-7-19(18)16-21)27-12-14-28(15-13-27)23-24-25-26-29(23)20-8-2-1-3-9-20/h1-11,16H,12-15,17H2. The molecule has 1 aromatic heterocycles. The predicted octanol–water partition coefficient (Wildman–Crippen LogP) is 3.26. The molecular weight excluding hydrogens is 408 g/mol. The lowest BCUT2D eigenvalue weighted by atomic mass is 10.1. The van der Waals surface area contributed by atoms with Gasteiger partial charge in [-0.1, -0.05) is 53.6 Å². The number of anilines is 1. The van der Waals surface area contributed by atoms with Gasteiger partial charge in [0, 0.05) is 31.1 Å². The second-order valence-corrected chi connectivity index (χ2v) is 8.44. The van der Waals surface area contributed by atoms with Gasteiger partial charge in [-0.3, -0.25) is 4.79 Å². The van der Waals surface area contributed by atoms with Gasteiger partial charge in [-0.2, -0.15) is 4.68 Å². The monoisotopic (exact) mass is 430 g/mol. The summed E-state index contributed by atoms with van der Waals surface area (Å²) >= 11 is 1.59. The minimum absolute atomic E-state index is 0.167. The lowest BCUT2D eigenvalue weighted by Crippen LogP contribution is -2.50. The molecule has 0 N–H and O–H groups in total. The van der Waals surface area contributed by atoms with Crippen LogP contribution < -0.4 is 4.90 Å². The van der Waals surface area contributed by atoms with Gasteiger partial charge >= 0.3 is 0 Å². The number of fused-ring (bicyclic) bond motifs is 1. The number of amides is 1. The molecule has 156 valence electrons. The van der Waals surface area contributed by atoms with Crippen LogP contribution in [0, 0.1) is 0 Å². The fourth-order valence-electron chi connectivity index (χ4n) is 3.77. The number of carbonyl (C=O) groups is 1. The van der Waals surface area contributed by atoms with E-state index in [2.05, 4.69) is 50.8 Å². The number of rotatable bonds is 5. The molecule has 0 radical (unpaired) electrons. The molecule has 0 unspecified atom stereocenters. The van der Waals surface area contributed by atoms with Crippen LogP contribution in [0.4, 0.5) is 5.95 Å². The molecule has 7 nitrogen and oxygen atoms in total. The zero-order valence-corrected chi connectivity index (χ0v) is 17.8. The molecule has 1 saturated heterocycles. The van der Waals surface area contributed by atoms with Crippen molar-refractivity contribution in [1.82, 2.24) is 25.1 Å². The highest BCUT2D eigenvalue weighted by atomic mass is 32.2. The van der Waals surface area contributed by atoms with Gasteiger partial charge in [0.25, 0.3) is 0 Å². The predicted molar refractivity (Wildman–Crippen MR) is 123 cm³/mol. The summed E-state index contributed by atoms with van der Waals surface area (Å²) in [6, 6.07) is 24.5. The van der Waals surface area contributed by atoms with Crippen molar-refractivity contribution in [3.8, 4) is 5.69 Å². The lowest BCUT2D eigenvalue weighted by Gasteiger charge is -2.34. The average molecular weight is 431 g/mol. The average Bonchev–Trinajstić information content (AvgIpc) is 3.33. The summed E-state index contributed by atoms with van der Waals surface area (Å²) in [6.07, 6.45) is 0. The first-order chi connectivity index (χ1) is 15.3. The first-order valence-corrected chi connectivity index (χ1v) is 11.2. The molecule has 0 aliphatic carbocycles. The van der Waals surface area contributed by atoms with Crippen LogP contribution in [-0.4, -0.2) is 62.9 Å². The summed E-state index contributed by atoms with van der Waals surface area (Å²) < 4.78 is 1.74. The second-order valence-electron chi connectivity index (χ2n) is 7.39. The largest absolute Gasteiger partial charge is 0.338 e. The van der Waals surface area contributed by atoms with E-state index in [0.29, 0.717) is 37.9 Å². The van der Waals surface area contributed by atoms with E-state index in [1.54, 1.807) is 16.4 Å². The smallest absolute Gasteiger partial charge is 0.250 e. The van der Waals surface area contributed by atoms with Crippen molar-refractivity contribution in [2.24, 2.45) is 0 Å². The second kappa shape index (κ2) is 8.77. The van der Waals surface area contributed by atoms with Crippen molar-refractivity contribution in [1.29, 1.82) is 0 Å². The van der Waals surface area contributed by atoms with Crippen molar-refractivity contribution in [3.63, 3.8) is 0 Å².